The van der Waals surface area contributed by atoms with Crippen LogP contribution in [0.3, 0.4) is 0 Å². The molecule has 4 rings (SSSR count). The Labute approximate surface area is 191 Å². The molecule has 0 radical (unpaired) electrons. The highest BCUT2D eigenvalue weighted by atomic mass is 127. The summed E-state index contributed by atoms with van der Waals surface area (Å²) in [4.78, 5) is 12.9. The normalized spacial score (nSPS) is 24.5. The van der Waals surface area contributed by atoms with Crippen LogP contribution in [0, 0.1) is 18.2 Å². The number of ether oxygens (including phenoxy) is 1. The van der Waals surface area contributed by atoms with E-state index in [0.29, 0.717) is 24.3 Å². The van der Waals surface area contributed by atoms with Crippen molar-refractivity contribution >= 4 is 45.6 Å². The molecule has 0 bridgehead atoms. The van der Waals surface area contributed by atoms with E-state index < -0.39 is 21.3 Å². The number of aromatic nitrogens is 1. The van der Waals surface area contributed by atoms with E-state index in [2.05, 4.69) is 15.4 Å². The first-order chi connectivity index (χ1) is 13.6. The maximum Gasteiger partial charge on any atom is 0.276 e. The minimum Gasteiger partial charge on any atom is -0.489 e. The summed E-state index contributed by atoms with van der Waals surface area (Å²) in [5.41, 5.74) is 0.436. The van der Waals surface area contributed by atoms with Crippen molar-refractivity contribution in [3.05, 3.63) is 41.5 Å². The van der Waals surface area contributed by atoms with E-state index >= 15 is 0 Å². The Morgan fingerprint density at radius 3 is 2.83 bits per heavy atom. The van der Waals surface area contributed by atoms with Crippen LogP contribution in [0.15, 0.2) is 29.3 Å². The smallest absolute Gasteiger partial charge is 0.276 e. The Hall–Kier alpha value is -1.70. The monoisotopic (exact) mass is 550 g/mol. The Balaban J connectivity index is 0.00000256. The number of nitrogens with one attached hydrogen (secondary N) is 3. The van der Waals surface area contributed by atoms with Crippen molar-refractivity contribution in [1.82, 2.24) is 14.6 Å². The summed E-state index contributed by atoms with van der Waals surface area (Å²) in [6, 6.07) is 3.91. The van der Waals surface area contributed by atoms with Crippen molar-refractivity contribution in [1.29, 1.82) is 0 Å². The van der Waals surface area contributed by atoms with Crippen LogP contribution in [0.1, 0.15) is 23.0 Å². The summed E-state index contributed by atoms with van der Waals surface area (Å²) in [5.74, 6) is -0.898. The highest BCUT2D eigenvalue weighted by Crippen LogP contribution is 2.37. The molecule has 8 nitrogen and oxygen atoms in total. The third-order valence-corrected chi connectivity index (χ3v) is 7.05. The molecule has 1 aromatic carbocycles. The van der Waals surface area contributed by atoms with Crippen LogP contribution in [0.4, 0.5) is 10.1 Å². The topological polar surface area (TPSA) is 101 Å². The largest absolute Gasteiger partial charge is 0.489 e. The van der Waals surface area contributed by atoms with Gasteiger partial charge in [0.15, 0.2) is 11.4 Å². The summed E-state index contributed by atoms with van der Waals surface area (Å²) < 4.78 is 49.5. The number of rotatable bonds is 2. The Morgan fingerprint density at radius 2 is 2.13 bits per heavy atom. The Bertz CT molecular complexity index is 1100. The van der Waals surface area contributed by atoms with Crippen LogP contribution >= 0.6 is 24.0 Å². The number of hydrogen-bond acceptors (Lipinski definition) is 5. The third-order valence-electron chi connectivity index (χ3n) is 5.59. The van der Waals surface area contributed by atoms with Crippen molar-refractivity contribution in [2.75, 3.05) is 25.0 Å². The van der Waals surface area contributed by atoms with Crippen LogP contribution < -0.4 is 20.1 Å². The predicted molar refractivity (Wildman–Crippen MR) is 120 cm³/mol. The number of amides is 1. The van der Waals surface area contributed by atoms with E-state index in [4.69, 9.17) is 4.74 Å². The van der Waals surface area contributed by atoms with Crippen LogP contribution in [-0.2, 0) is 17.1 Å². The van der Waals surface area contributed by atoms with Crippen molar-refractivity contribution in [2.45, 2.75) is 24.8 Å². The van der Waals surface area contributed by atoms with E-state index in [9.17, 15) is 17.6 Å². The number of fused-ring (bicyclic) bond motifs is 2. The van der Waals surface area contributed by atoms with Crippen molar-refractivity contribution in [2.24, 2.45) is 12.5 Å². The fourth-order valence-electron chi connectivity index (χ4n) is 3.78. The molecular weight excluding hydrogens is 526 g/mol. The first kappa shape index (κ1) is 23.0. The number of halogens is 2. The summed E-state index contributed by atoms with van der Waals surface area (Å²) in [7, 11) is -2.30. The molecule has 2 aliphatic heterocycles. The third kappa shape index (κ3) is 3.95. The molecule has 1 saturated heterocycles. The molecule has 0 saturated carbocycles. The summed E-state index contributed by atoms with van der Waals surface area (Å²) >= 11 is 0. The van der Waals surface area contributed by atoms with Crippen molar-refractivity contribution < 1.29 is 22.3 Å². The molecule has 1 aromatic heterocycles. The van der Waals surface area contributed by atoms with Gasteiger partial charge in [-0.25, -0.2) is 17.5 Å². The summed E-state index contributed by atoms with van der Waals surface area (Å²) in [5, 5.41) is 5.87. The zero-order valence-corrected chi connectivity index (χ0v) is 19.9. The lowest BCUT2D eigenvalue weighted by Crippen LogP contribution is -2.49. The van der Waals surface area contributed by atoms with Gasteiger partial charge in [-0.1, -0.05) is 6.92 Å². The van der Waals surface area contributed by atoms with Gasteiger partial charge in [-0.15, -0.1) is 24.0 Å². The Kier molecular flexibility index (Phi) is 6.20. The fourth-order valence-corrected chi connectivity index (χ4v) is 5.34. The molecule has 0 unspecified atom stereocenters. The molecule has 2 aliphatic rings. The molecule has 1 amide bonds. The van der Waals surface area contributed by atoms with Gasteiger partial charge in [0.25, 0.3) is 5.91 Å². The molecule has 0 aliphatic carbocycles. The second kappa shape index (κ2) is 8.09. The van der Waals surface area contributed by atoms with Gasteiger partial charge in [0.1, 0.15) is 10.7 Å². The lowest BCUT2D eigenvalue weighted by Gasteiger charge is -2.32. The molecule has 3 heterocycles. The van der Waals surface area contributed by atoms with E-state index in [1.165, 1.54) is 29.0 Å². The fraction of sp³-hybridized carbons (Fsp3) is 0.421. The second-order valence-electron chi connectivity index (χ2n) is 7.95. The first-order valence-electron chi connectivity index (χ1n) is 9.23. The Morgan fingerprint density at radius 1 is 1.40 bits per heavy atom. The highest BCUT2D eigenvalue weighted by molar-refractivity contribution is 14.0. The van der Waals surface area contributed by atoms with Crippen molar-refractivity contribution in [3.63, 3.8) is 0 Å². The van der Waals surface area contributed by atoms with E-state index in [1.807, 2.05) is 6.92 Å². The number of anilines is 1. The standard InChI is InChI=1S/C19H23FN4O4S.HI/c1-11-6-12(4-5-13(11)20)22-18(25)16-17-14(8-24(16)3)29(26,27)23-15-7-21-9-19(15,2)10-28-17;/h4-6,8,15,21,23H,7,9-10H2,1-3H3,(H,22,25);1H/t15-,19-;/m0./s1. The number of sulfonamides is 1. The average molecular weight is 550 g/mol. The van der Waals surface area contributed by atoms with Gasteiger partial charge in [0.05, 0.1) is 6.61 Å². The molecule has 11 heteroatoms. The van der Waals surface area contributed by atoms with Gasteiger partial charge in [0, 0.05) is 43.5 Å². The van der Waals surface area contributed by atoms with Gasteiger partial charge >= 0.3 is 0 Å². The van der Waals surface area contributed by atoms with Crippen LogP contribution in [0.2, 0.25) is 0 Å². The van der Waals surface area contributed by atoms with E-state index in [1.54, 1.807) is 14.0 Å². The van der Waals surface area contributed by atoms with Gasteiger partial charge in [-0.2, -0.15) is 0 Å². The number of hydrogen-bond donors (Lipinski definition) is 3. The highest BCUT2D eigenvalue weighted by Gasteiger charge is 2.45. The van der Waals surface area contributed by atoms with Crippen molar-refractivity contribution in [3.8, 4) is 5.75 Å². The van der Waals surface area contributed by atoms with Gasteiger partial charge < -0.3 is 19.9 Å². The zero-order valence-electron chi connectivity index (χ0n) is 16.8. The molecular formula is C19H24FIN4O4S. The number of carbonyl (C=O) groups is 1. The zero-order chi connectivity index (χ0) is 21.0. The molecule has 2 aromatic rings. The van der Waals surface area contributed by atoms with Gasteiger partial charge in [0.2, 0.25) is 10.0 Å². The summed E-state index contributed by atoms with van der Waals surface area (Å²) in [6.07, 6.45) is 1.37. The van der Waals surface area contributed by atoms with Gasteiger partial charge in [-0.3, -0.25) is 4.79 Å². The lowest BCUT2D eigenvalue weighted by atomic mass is 9.87. The molecule has 0 spiro atoms. The minimum atomic E-state index is -3.88. The quantitative estimate of drug-likeness (QED) is 0.497. The first-order valence-corrected chi connectivity index (χ1v) is 10.7. The second-order valence-corrected chi connectivity index (χ2v) is 9.63. The number of carbonyl (C=O) groups excluding carboxylic acids is 1. The minimum absolute atomic E-state index is 0. The van der Waals surface area contributed by atoms with Crippen LogP contribution in [0.5, 0.6) is 5.75 Å². The molecule has 164 valence electrons. The molecule has 30 heavy (non-hydrogen) atoms. The number of benzene rings is 1. The van der Waals surface area contributed by atoms with E-state index in [0.717, 1.165) is 0 Å². The SMILES string of the molecule is Cc1cc(NC(=O)c2c3c(cn2C)S(=O)(=O)N[C@H]2CNC[C@@]2(C)CO3)ccc1F.I. The summed E-state index contributed by atoms with van der Waals surface area (Å²) in [6.45, 7) is 4.89. The molecule has 3 N–H and O–H groups in total. The van der Waals surface area contributed by atoms with E-state index in [-0.39, 0.29) is 58.8 Å². The maximum atomic E-state index is 13.5. The van der Waals surface area contributed by atoms with Crippen LogP contribution in [-0.4, -0.2) is 44.6 Å². The lowest BCUT2D eigenvalue weighted by molar-refractivity contribution is 0.100. The van der Waals surface area contributed by atoms with Crippen LogP contribution in [0.25, 0.3) is 0 Å². The predicted octanol–water partition coefficient (Wildman–Crippen LogP) is 1.99. The maximum absolute atomic E-state index is 13.5. The average Bonchev–Trinajstić information content (AvgIpc) is 3.16. The molecule has 2 atom stereocenters. The molecule has 1 fully saturated rings. The van der Waals surface area contributed by atoms with Gasteiger partial charge in [-0.05, 0) is 30.7 Å². The number of nitrogens with zero attached hydrogens (tertiary/aromatic N) is 1. The number of aryl methyl sites for hydroxylation is 2.